The normalized spacial score (nSPS) is 23.0. The molecule has 1 aromatic carbocycles. The minimum Gasteiger partial charge on any atom is -0.464 e. The second kappa shape index (κ2) is 4.84. The van der Waals surface area contributed by atoms with Crippen molar-refractivity contribution in [3.8, 4) is 0 Å². The molecular formula is C12H12Cl2O3. The van der Waals surface area contributed by atoms with E-state index < -0.39 is 5.60 Å². The number of rotatable bonds is 3. The molecule has 1 aliphatic rings. The second-order valence-corrected chi connectivity index (χ2v) is 4.59. The van der Waals surface area contributed by atoms with Crippen LogP contribution < -0.4 is 0 Å². The van der Waals surface area contributed by atoms with E-state index in [9.17, 15) is 4.79 Å². The molecule has 0 radical (unpaired) electrons. The summed E-state index contributed by atoms with van der Waals surface area (Å²) in [5.41, 5.74) is -0.304. The Kier molecular flexibility index (Phi) is 3.61. The monoisotopic (exact) mass is 274 g/mol. The van der Waals surface area contributed by atoms with Crippen LogP contribution in [-0.2, 0) is 19.9 Å². The summed E-state index contributed by atoms with van der Waals surface area (Å²) in [7, 11) is 0. The molecule has 0 N–H and O–H groups in total. The van der Waals surface area contributed by atoms with Gasteiger partial charge in [0.05, 0.1) is 23.3 Å². The molecule has 17 heavy (non-hydrogen) atoms. The van der Waals surface area contributed by atoms with Crippen molar-refractivity contribution in [2.24, 2.45) is 0 Å². The Morgan fingerprint density at radius 1 is 1.47 bits per heavy atom. The molecule has 0 aromatic heterocycles. The molecule has 0 bridgehead atoms. The average Bonchev–Trinajstić information content (AvgIpc) is 2.22. The maximum absolute atomic E-state index is 11.9. The average molecular weight is 275 g/mol. The lowest BCUT2D eigenvalue weighted by atomic mass is 9.86. The Balaban J connectivity index is 2.34. The summed E-state index contributed by atoms with van der Waals surface area (Å²) in [6.07, 6.45) is 0.601. The molecule has 1 aliphatic heterocycles. The van der Waals surface area contributed by atoms with Crippen LogP contribution in [-0.4, -0.2) is 19.2 Å². The zero-order valence-corrected chi connectivity index (χ0v) is 10.8. The van der Waals surface area contributed by atoms with E-state index in [-0.39, 0.29) is 5.97 Å². The Labute approximate surface area is 110 Å². The van der Waals surface area contributed by atoms with Crippen molar-refractivity contribution in [3.63, 3.8) is 0 Å². The van der Waals surface area contributed by atoms with Gasteiger partial charge in [0.1, 0.15) is 0 Å². The first kappa shape index (κ1) is 12.7. The third-order valence-electron chi connectivity index (χ3n) is 2.79. The van der Waals surface area contributed by atoms with Gasteiger partial charge in [0.15, 0.2) is 5.60 Å². The number of halogens is 2. The number of hydrogen-bond acceptors (Lipinski definition) is 3. The predicted molar refractivity (Wildman–Crippen MR) is 65.3 cm³/mol. The molecule has 5 heteroatoms. The van der Waals surface area contributed by atoms with Crippen LogP contribution in [0.1, 0.15) is 18.9 Å². The Hall–Kier alpha value is -0.770. The van der Waals surface area contributed by atoms with Gasteiger partial charge in [-0.05, 0) is 24.6 Å². The molecule has 92 valence electrons. The van der Waals surface area contributed by atoms with Gasteiger partial charge < -0.3 is 9.47 Å². The van der Waals surface area contributed by atoms with Crippen LogP contribution in [0.4, 0.5) is 0 Å². The molecule has 1 atom stereocenters. The van der Waals surface area contributed by atoms with Crippen molar-refractivity contribution < 1.29 is 14.3 Å². The third kappa shape index (κ3) is 2.15. The van der Waals surface area contributed by atoms with Crippen molar-refractivity contribution in [3.05, 3.63) is 33.8 Å². The van der Waals surface area contributed by atoms with Crippen molar-refractivity contribution in [2.75, 3.05) is 13.2 Å². The molecule has 3 nitrogen and oxygen atoms in total. The van der Waals surface area contributed by atoms with Gasteiger partial charge in [-0.1, -0.05) is 29.3 Å². The van der Waals surface area contributed by atoms with Crippen molar-refractivity contribution in [1.82, 2.24) is 0 Å². The van der Waals surface area contributed by atoms with E-state index in [4.69, 9.17) is 32.7 Å². The summed E-state index contributed by atoms with van der Waals surface area (Å²) < 4.78 is 10.5. The fourth-order valence-electron chi connectivity index (χ4n) is 1.81. The first-order valence-electron chi connectivity index (χ1n) is 5.37. The smallest absolute Gasteiger partial charge is 0.343 e. The molecule has 1 aromatic rings. The number of carbonyl (C=O) groups excluding carboxylic acids is 1. The largest absolute Gasteiger partial charge is 0.464 e. The third-order valence-corrected chi connectivity index (χ3v) is 3.53. The zero-order valence-electron chi connectivity index (χ0n) is 9.33. The van der Waals surface area contributed by atoms with E-state index in [1.807, 2.05) is 0 Å². The number of ether oxygens (including phenoxy) is 2. The first-order chi connectivity index (χ1) is 8.10. The Morgan fingerprint density at radius 3 is 2.65 bits per heavy atom. The predicted octanol–water partition coefficient (Wildman–Crippen LogP) is 3.17. The van der Waals surface area contributed by atoms with Crippen molar-refractivity contribution >= 4 is 29.2 Å². The number of hydrogen-bond donors (Lipinski definition) is 0. The molecule has 1 fully saturated rings. The van der Waals surface area contributed by atoms with Crippen LogP contribution >= 0.6 is 23.2 Å². The van der Waals surface area contributed by atoms with E-state index in [1.54, 1.807) is 25.1 Å². The van der Waals surface area contributed by atoms with Gasteiger partial charge in [-0.15, -0.1) is 0 Å². The van der Waals surface area contributed by atoms with Gasteiger partial charge in [0.25, 0.3) is 0 Å². The lowest BCUT2D eigenvalue weighted by Gasteiger charge is -2.39. The topological polar surface area (TPSA) is 35.5 Å². The summed E-state index contributed by atoms with van der Waals surface area (Å²) >= 11 is 11.8. The Bertz CT molecular complexity index is 441. The van der Waals surface area contributed by atoms with Gasteiger partial charge in [-0.2, -0.15) is 0 Å². The summed E-state index contributed by atoms with van der Waals surface area (Å²) in [6.45, 7) is 2.63. The van der Waals surface area contributed by atoms with E-state index in [2.05, 4.69) is 0 Å². The molecular weight excluding hydrogens is 263 g/mol. The van der Waals surface area contributed by atoms with Crippen LogP contribution in [0.2, 0.25) is 10.0 Å². The highest BCUT2D eigenvalue weighted by Gasteiger charge is 2.49. The molecule has 0 aliphatic carbocycles. The molecule has 0 saturated carbocycles. The number of esters is 1. The van der Waals surface area contributed by atoms with Crippen molar-refractivity contribution in [1.29, 1.82) is 0 Å². The van der Waals surface area contributed by atoms with Crippen molar-refractivity contribution in [2.45, 2.75) is 18.9 Å². The van der Waals surface area contributed by atoms with Crippen LogP contribution in [0.25, 0.3) is 0 Å². The van der Waals surface area contributed by atoms with E-state index in [1.165, 1.54) is 0 Å². The van der Waals surface area contributed by atoms with E-state index in [0.29, 0.717) is 35.2 Å². The fraction of sp³-hybridized carbons (Fsp3) is 0.417. The fourth-order valence-corrected chi connectivity index (χ4v) is 2.11. The summed E-state index contributed by atoms with van der Waals surface area (Å²) in [4.78, 5) is 11.9. The summed E-state index contributed by atoms with van der Waals surface area (Å²) in [5.74, 6) is -0.371. The Morgan fingerprint density at radius 2 is 2.18 bits per heavy atom. The summed E-state index contributed by atoms with van der Waals surface area (Å²) in [6, 6.07) is 5.05. The zero-order chi connectivity index (χ0) is 12.5. The molecule has 0 spiro atoms. The first-order valence-corrected chi connectivity index (χ1v) is 6.12. The highest BCUT2D eigenvalue weighted by Crippen LogP contribution is 2.40. The summed E-state index contributed by atoms with van der Waals surface area (Å²) in [5, 5.41) is 0.858. The lowest BCUT2D eigenvalue weighted by molar-refractivity contribution is -0.203. The highest BCUT2D eigenvalue weighted by molar-refractivity contribution is 6.42. The number of benzene rings is 1. The molecule has 0 unspecified atom stereocenters. The molecule has 2 rings (SSSR count). The van der Waals surface area contributed by atoms with Crippen LogP contribution in [0.5, 0.6) is 0 Å². The maximum atomic E-state index is 11.9. The minimum atomic E-state index is -0.996. The van der Waals surface area contributed by atoms with Gasteiger partial charge in [-0.3, -0.25) is 0 Å². The minimum absolute atomic E-state index is 0.325. The van der Waals surface area contributed by atoms with Gasteiger partial charge in [0, 0.05) is 6.42 Å². The number of carbonyl (C=O) groups is 1. The second-order valence-electron chi connectivity index (χ2n) is 3.77. The lowest BCUT2D eigenvalue weighted by Crippen LogP contribution is -2.48. The van der Waals surface area contributed by atoms with Gasteiger partial charge in [-0.25, -0.2) is 4.79 Å². The molecule has 1 heterocycles. The van der Waals surface area contributed by atoms with Gasteiger partial charge >= 0.3 is 5.97 Å². The maximum Gasteiger partial charge on any atom is 0.343 e. The van der Waals surface area contributed by atoms with Gasteiger partial charge in [0.2, 0.25) is 0 Å². The van der Waals surface area contributed by atoms with E-state index >= 15 is 0 Å². The van der Waals surface area contributed by atoms with E-state index in [0.717, 1.165) is 0 Å². The highest BCUT2D eigenvalue weighted by atomic mass is 35.5. The van der Waals surface area contributed by atoms with Crippen LogP contribution in [0.3, 0.4) is 0 Å². The standard InChI is InChI=1S/C12H12Cl2O3/c1-2-16-11(15)12(5-6-17-12)8-3-4-9(13)10(14)7-8/h3-4,7H,2,5-6H2,1H3/t12-/m0/s1. The quantitative estimate of drug-likeness (QED) is 0.795. The SMILES string of the molecule is CCOC(=O)[C@@]1(c2ccc(Cl)c(Cl)c2)CCO1. The van der Waals surface area contributed by atoms with Crippen LogP contribution in [0, 0.1) is 0 Å². The molecule has 0 amide bonds. The molecule has 1 saturated heterocycles. The van der Waals surface area contributed by atoms with Crippen LogP contribution in [0.15, 0.2) is 18.2 Å².